The lowest BCUT2D eigenvalue weighted by molar-refractivity contribution is 0.691. The van der Waals surface area contributed by atoms with Crippen molar-refractivity contribution < 1.29 is 0 Å². The minimum absolute atomic E-state index is 0.592. The van der Waals surface area contributed by atoms with E-state index in [9.17, 15) is 0 Å². The molecule has 106 valence electrons. The summed E-state index contributed by atoms with van der Waals surface area (Å²) >= 11 is 0. The molecule has 2 aromatic heterocycles. The first-order chi connectivity index (χ1) is 10.4. The van der Waals surface area contributed by atoms with Gasteiger partial charge in [-0.1, -0.05) is 37.3 Å². The molecule has 0 saturated heterocycles. The Morgan fingerprint density at radius 3 is 2.81 bits per heavy atom. The number of nitrogens with zero attached hydrogens (tertiary/aromatic N) is 5. The van der Waals surface area contributed by atoms with Crippen LogP contribution in [0, 0.1) is 0 Å². The van der Waals surface area contributed by atoms with E-state index in [4.69, 9.17) is 0 Å². The number of hydrogen-bond donors (Lipinski definition) is 1. The SMILES string of the molecule is CCNCc1ccnc(-n2nnc(-c3ccccc3)n2)c1. The number of rotatable bonds is 5. The molecule has 2 heterocycles. The lowest BCUT2D eigenvalue weighted by Gasteiger charge is -2.03. The van der Waals surface area contributed by atoms with Crippen LogP contribution in [0.4, 0.5) is 0 Å². The Bertz CT molecular complexity index is 707. The fourth-order valence-corrected chi connectivity index (χ4v) is 1.96. The summed E-state index contributed by atoms with van der Waals surface area (Å²) in [7, 11) is 0. The molecule has 21 heavy (non-hydrogen) atoms. The normalized spacial score (nSPS) is 10.7. The van der Waals surface area contributed by atoms with Crippen molar-refractivity contribution >= 4 is 0 Å². The predicted molar refractivity (Wildman–Crippen MR) is 79.8 cm³/mol. The van der Waals surface area contributed by atoms with Crippen molar-refractivity contribution in [2.45, 2.75) is 13.5 Å². The van der Waals surface area contributed by atoms with E-state index in [0.717, 1.165) is 24.2 Å². The van der Waals surface area contributed by atoms with Crippen molar-refractivity contribution in [3.8, 4) is 17.2 Å². The molecule has 0 bridgehead atoms. The number of nitrogens with one attached hydrogen (secondary N) is 1. The van der Waals surface area contributed by atoms with Gasteiger partial charge in [-0.25, -0.2) is 4.98 Å². The van der Waals surface area contributed by atoms with Crippen molar-refractivity contribution in [2.75, 3.05) is 6.54 Å². The standard InChI is InChI=1S/C15H16N6/c1-2-16-11-12-8-9-17-14(10-12)21-19-15(18-20-21)13-6-4-3-5-7-13/h3-10,16H,2,11H2,1H3. The van der Waals surface area contributed by atoms with Gasteiger partial charge in [0.15, 0.2) is 5.82 Å². The number of hydrogen-bond acceptors (Lipinski definition) is 5. The van der Waals surface area contributed by atoms with Gasteiger partial charge in [-0.15, -0.1) is 15.0 Å². The molecule has 0 atom stereocenters. The third-order valence-electron chi connectivity index (χ3n) is 3.04. The molecular formula is C15H16N6. The summed E-state index contributed by atoms with van der Waals surface area (Å²) in [6, 6.07) is 13.7. The Labute approximate surface area is 122 Å². The van der Waals surface area contributed by atoms with Crippen molar-refractivity contribution in [1.29, 1.82) is 0 Å². The summed E-state index contributed by atoms with van der Waals surface area (Å²) in [6.07, 6.45) is 1.76. The van der Waals surface area contributed by atoms with Crippen LogP contribution in [0.1, 0.15) is 12.5 Å². The zero-order chi connectivity index (χ0) is 14.5. The summed E-state index contributed by atoms with van der Waals surface area (Å²) in [5, 5.41) is 15.8. The average Bonchev–Trinajstić information content (AvgIpc) is 3.04. The quantitative estimate of drug-likeness (QED) is 0.772. The second kappa shape index (κ2) is 6.23. The molecule has 6 nitrogen and oxygen atoms in total. The van der Waals surface area contributed by atoms with Gasteiger partial charge < -0.3 is 5.32 Å². The molecule has 3 rings (SSSR count). The summed E-state index contributed by atoms with van der Waals surface area (Å²) in [6.45, 7) is 3.80. The predicted octanol–water partition coefficient (Wildman–Crippen LogP) is 1.83. The van der Waals surface area contributed by atoms with Crippen LogP contribution in [0.15, 0.2) is 48.7 Å². The van der Waals surface area contributed by atoms with E-state index in [1.54, 1.807) is 6.20 Å². The maximum absolute atomic E-state index is 4.38. The highest BCUT2D eigenvalue weighted by Crippen LogP contribution is 2.13. The van der Waals surface area contributed by atoms with E-state index in [2.05, 4.69) is 32.6 Å². The molecule has 0 unspecified atom stereocenters. The van der Waals surface area contributed by atoms with Crippen LogP contribution in [-0.2, 0) is 6.54 Å². The third kappa shape index (κ3) is 3.11. The molecule has 3 aromatic rings. The summed E-state index contributed by atoms with van der Waals surface area (Å²) in [5.74, 6) is 1.26. The molecule has 0 spiro atoms. The van der Waals surface area contributed by atoms with Crippen molar-refractivity contribution in [3.63, 3.8) is 0 Å². The highest BCUT2D eigenvalue weighted by molar-refractivity contribution is 5.53. The molecule has 0 saturated carbocycles. The van der Waals surface area contributed by atoms with Gasteiger partial charge in [-0.05, 0) is 29.5 Å². The molecule has 0 radical (unpaired) electrons. The van der Waals surface area contributed by atoms with E-state index < -0.39 is 0 Å². The zero-order valence-electron chi connectivity index (χ0n) is 11.8. The molecule has 6 heteroatoms. The fourth-order valence-electron chi connectivity index (χ4n) is 1.96. The highest BCUT2D eigenvalue weighted by atomic mass is 15.6. The van der Waals surface area contributed by atoms with Gasteiger partial charge in [-0.2, -0.15) is 0 Å². The van der Waals surface area contributed by atoms with Crippen molar-refractivity contribution in [2.24, 2.45) is 0 Å². The van der Waals surface area contributed by atoms with Gasteiger partial charge in [-0.3, -0.25) is 0 Å². The molecule has 0 aliphatic heterocycles. The molecule has 1 N–H and O–H groups in total. The largest absolute Gasteiger partial charge is 0.313 e. The van der Waals surface area contributed by atoms with Gasteiger partial charge in [0.1, 0.15) is 0 Å². The lowest BCUT2D eigenvalue weighted by Crippen LogP contribution is -2.12. The van der Waals surface area contributed by atoms with Crippen LogP contribution < -0.4 is 5.32 Å². The molecule has 0 amide bonds. The Morgan fingerprint density at radius 1 is 1.14 bits per heavy atom. The molecule has 1 aromatic carbocycles. The second-order valence-electron chi connectivity index (χ2n) is 4.57. The number of aromatic nitrogens is 5. The Morgan fingerprint density at radius 2 is 2.00 bits per heavy atom. The first kappa shape index (κ1) is 13.4. The minimum atomic E-state index is 0.592. The van der Waals surface area contributed by atoms with Gasteiger partial charge >= 0.3 is 0 Å². The van der Waals surface area contributed by atoms with E-state index >= 15 is 0 Å². The van der Waals surface area contributed by atoms with Gasteiger partial charge in [0.2, 0.25) is 5.82 Å². The third-order valence-corrected chi connectivity index (χ3v) is 3.04. The Hall–Kier alpha value is -2.60. The van der Waals surface area contributed by atoms with E-state index in [1.807, 2.05) is 42.5 Å². The Balaban J connectivity index is 1.86. The van der Waals surface area contributed by atoms with Crippen LogP contribution in [0.2, 0.25) is 0 Å². The Kier molecular flexibility index (Phi) is 3.97. The van der Waals surface area contributed by atoms with Crippen LogP contribution in [0.5, 0.6) is 0 Å². The van der Waals surface area contributed by atoms with Gasteiger partial charge in [0.25, 0.3) is 0 Å². The average molecular weight is 280 g/mol. The summed E-state index contributed by atoms with van der Waals surface area (Å²) in [4.78, 5) is 5.75. The van der Waals surface area contributed by atoms with Crippen LogP contribution in [-0.4, -0.2) is 31.7 Å². The van der Waals surface area contributed by atoms with E-state index in [0.29, 0.717) is 11.6 Å². The van der Waals surface area contributed by atoms with Crippen LogP contribution >= 0.6 is 0 Å². The lowest BCUT2D eigenvalue weighted by atomic mass is 10.2. The molecule has 0 aliphatic rings. The van der Waals surface area contributed by atoms with Crippen molar-refractivity contribution in [1.82, 2.24) is 30.5 Å². The fraction of sp³-hybridized carbons (Fsp3) is 0.200. The van der Waals surface area contributed by atoms with Gasteiger partial charge in [0, 0.05) is 18.3 Å². The van der Waals surface area contributed by atoms with E-state index in [1.165, 1.54) is 4.80 Å². The van der Waals surface area contributed by atoms with E-state index in [-0.39, 0.29) is 0 Å². The topological polar surface area (TPSA) is 68.5 Å². The second-order valence-corrected chi connectivity index (χ2v) is 4.57. The molecule has 0 aliphatic carbocycles. The van der Waals surface area contributed by atoms with Crippen molar-refractivity contribution in [3.05, 3.63) is 54.2 Å². The number of benzene rings is 1. The molecular weight excluding hydrogens is 264 g/mol. The minimum Gasteiger partial charge on any atom is -0.313 e. The maximum atomic E-state index is 4.38. The maximum Gasteiger partial charge on any atom is 0.205 e. The van der Waals surface area contributed by atoms with Crippen LogP contribution in [0.25, 0.3) is 17.2 Å². The first-order valence-electron chi connectivity index (χ1n) is 6.88. The number of pyridine rings is 1. The smallest absolute Gasteiger partial charge is 0.205 e. The summed E-state index contributed by atoms with van der Waals surface area (Å²) in [5.41, 5.74) is 2.08. The van der Waals surface area contributed by atoms with Gasteiger partial charge in [0.05, 0.1) is 0 Å². The monoisotopic (exact) mass is 280 g/mol. The van der Waals surface area contributed by atoms with Crippen LogP contribution in [0.3, 0.4) is 0 Å². The zero-order valence-corrected chi connectivity index (χ0v) is 11.8. The first-order valence-corrected chi connectivity index (χ1v) is 6.88. The molecule has 0 fully saturated rings. The highest BCUT2D eigenvalue weighted by Gasteiger charge is 2.08. The summed E-state index contributed by atoms with van der Waals surface area (Å²) < 4.78 is 0. The number of tetrazole rings is 1.